The van der Waals surface area contributed by atoms with Crippen LogP contribution in [-0.2, 0) is 28.6 Å². The minimum Gasteiger partial charge on any atom is -0.462 e. The minimum absolute atomic E-state index is 0.0735. The van der Waals surface area contributed by atoms with Gasteiger partial charge in [0.05, 0.1) is 0 Å². The van der Waals surface area contributed by atoms with Crippen LogP contribution in [0.5, 0.6) is 0 Å². The van der Waals surface area contributed by atoms with Crippen molar-refractivity contribution in [3.05, 3.63) is 36.5 Å². The van der Waals surface area contributed by atoms with E-state index in [4.69, 9.17) is 14.2 Å². The third-order valence-corrected chi connectivity index (χ3v) is 11.2. The first-order chi connectivity index (χ1) is 29.0. The van der Waals surface area contributed by atoms with Gasteiger partial charge in [-0.25, -0.2) is 0 Å². The fourth-order valence-corrected chi connectivity index (χ4v) is 7.34. The average Bonchev–Trinajstić information content (AvgIpc) is 3.23. The van der Waals surface area contributed by atoms with E-state index in [1.807, 2.05) is 0 Å². The largest absolute Gasteiger partial charge is 0.462 e. The smallest absolute Gasteiger partial charge is 0.306 e. The fraction of sp³-hybridized carbons (Fsp3) is 0.830. The van der Waals surface area contributed by atoms with Crippen LogP contribution in [0, 0.1) is 0 Å². The second kappa shape index (κ2) is 48.3. The zero-order valence-electron chi connectivity index (χ0n) is 39.3. The van der Waals surface area contributed by atoms with E-state index >= 15 is 0 Å². The molecule has 0 aromatic carbocycles. The molecule has 0 spiro atoms. The molecule has 6 nitrogen and oxygen atoms in total. The quantitative estimate of drug-likeness (QED) is 0.0263. The summed E-state index contributed by atoms with van der Waals surface area (Å²) in [5.74, 6) is -0.880. The molecule has 0 heterocycles. The topological polar surface area (TPSA) is 78.9 Å². The molecule has 0 amide bonds. The van der Waals surface area contributed by atoms with E-state index in [1.54, 1.807) is 0 Å². The Hall–Kier alpha value is -2.37. The molecule has 0 aromatic heterocycles. The van der Waals surface area contributed by atoms with Crippen molar-refractivity contribution >= 4 is 17.9 Å². The first-order valence-corrected chi connectivity index (χ1v) is 25.5. The summed E-state index contributed by atoms with van der Waals surface area (Å²) in [5.41, 5.74) is 0. The van der Waals surface area contributed by atoms with Crippen LogP contribution in [0.2, 0.25) is 0 Å². The summed E-state index contributed by atoms with van der Waals surface area (Å²) in [7, 11) is 0. The van der Waals surface area contributed by atoms with Gasteiger partial charge >= 0.3 is 17.9 Å². The highest BCUT2D eigenvalue weighted by Gasteiger charge is 2.19. The molecular weight excluding hydrogens is 733 g/mol. The lowest BCUT2D eigenvalue weighted by atomic mass is 10.0. The number of hydrogen-bond donors (Lipinski definition) is 0. The van der Waals surface area contributed by atoms with Crippen LogP contribution < -0.4 is 0 Å². The zero-order chi connectivity index (χ0) is 43.0. The lowest BCUT2D eigenvalue weighted by molar-refractivity contribution is -0.167. The summed E-state index contributed by atoms with van der Waals surface area (Å²) >= 11 is 0. The lowest BCUT2D eigenvalue weighted by Gasteiger charge is -2.18. The number of esters is 3. The monoisotopic (exact) mass is 829 g/mol. The summed E-state index contributed by atoms with van der Waals surface area (Å²) in [5, 5.41) is 0. The van der Waals surface area contributed by atoms with E-state index in [1.165, 1.54) is 128 Å². The molecule has 0 aliphatic heterocycles. The molecule has 0 N–H and O–H groups in total. The molecule has 0 aliphatic rings. The number of allylic oxidation sites excluding steroid dienone is 6. The Balaban J connectivity index is 4.37. The molecule has 344 valence electrons. The number of carbonyl (C=O) groups excluding carboxylic acids is 3. The minimum atomic E-state index is -0.773. The molecule has 0 radical (unpaired) electrons. The SMILES string of the molecule is CCC=CCC=CCC=CCCCCCCCC(=O)OCC(COC(=O)CCCCCCCCCCCCCCC)OC(=O)CCCCCCCCCCCCCCC. The maximum atomic E-state index is 12.8. The maximum absolute atomic E-state index is 12.8. The third-order valence-electron chi connectivity index (χ3n) is 11.2. The Labute approximate surface area is 365 Å². The van der Waals surface area contributed by atoms with Crippen LogP contribution in [-0.4, -0.2) is 37.2 Å². The Morgan fingerprint density at radius 3 is 1.03 bits per heavy atom. The standard InChI is InChI=1S/C53H96O6/c1-4-7-10-13-16-19-22-25-26-29-31-34-37-40-43-46-52(55)58-49-50(59-53(56)47-44-41-38-35-32-28-24-21-18-15-12-9-6-3)48-57-51(54)45-42-39-36-33-30-27-23-20-17-14-11-8-5-2/h7,10,16,19,25-26,50H,4-6,8-9,11-15,17-18,20-24,27-49H2,1-3H3. The summed E-state index contributed by atoms with van der Waals surface area (Å²) in [6.45, 7) is 6.53. The van der Waals surface area contributed by atoms with Crippen molar-refractivity contribution < 1.29 is 28.6 Å². The van der Waals surface area contributed by atoms with Crippen molar-refractivity contribution in [2.75, 3.05) is 13.2 Å². The lowest BCUT2D eigenvalue weighted by Crippen LogP contribution is -2.30. The Bertz CT molecular complexity index is 1000. The highest BCUT2D eigenvalue weighted by Crippen LogP contribution is 2.16. The van der Waals surface area contributed by atoms with Crippen LogP contribution >= 0.6 is 0 Å². The van der Waals surface area contributed by atoms with Gasteiger partial charge in [-0.15, -0.1) is 0 Å². The maximum Gasteiger partial charge on any atom is 0.306 e. The van der Waals surface area contributed by atoms with Gasteiger partial charge in [0, 0.05) is 19.3 Å². The number of ether oxygens (including phenoxy) is 3. The molecule has 6 heteroatoms. The van der Waals surface area contributed by atoms with Gasteiger partial charge in [0.25, 0.3) is 0 Å². The van der Waals surface area contributed by atoms with Crippen molar-refractivity contribution in [2.45, 2.75) is 271 Å². The van der Waals surface area contributed by atoms with E-state index in [2.05, 4.69) is 57.2 Å². The average molecular weight is 829 g/mol. The number of rotatable bonds is 46. The van der Waals surface area contributed by atoms with Gasteiger partial charge < -0.3 is 14.2 Å². The third kappa shape index (κ3) is 46.5. The van der Waals surface area contributed by atoms with Crippen LogP contribution in [0.25, 0.3) is 0 Å². The Morgan fingerprint density at radius 1 is 0.356 bits per heavy atom. The normalized spacial score (nSPS) is 12.3. The van der Waals surface area contributed by atoms with E-state index in [0.29, 0.717) is 19.3 Å². The number of carbonyl (C=O) groups is 3. The summed E-state index contributed by atoms with van der Waals surface area (Å²) in [4.78, 5) is 37.9. The molecule has 0 aliphatic carbocycles. The second-order valence-electron chi connectivity index (χ2n) is 17.1. The molecule has 0 rings (SSSR count). The van der Waals surface area contributed by atoms with Crippen molar-refractivity contribution in [3.8, 4) is 0 Å². The zero-order valence-corrected chi connectivity index (χ0v) is 39.3. The predicted octanol–water partition coefficient (Wildman–Crippen LogP) is 16.5. The molecule has 0 aromatic rings. The van der Waals surface area contributed by atoms with Crippen LogP contribution in [0.4, 0.5) is 0 Å². The van der Waals surface area contributed by atoms with Gasteiger partial charge in [0.1, 0.15) is 13.2 Å². The Kier molecular flexibility index (Phi) is 46.4. The van der Waals surface area contributed by atoms with E-state index in [-0.39, 0.29) is 31.1 Å². The first-order valence-electron chi connectivity index (χ1n) is 25.5. The predicted molar refractivity (Wildman–Crippen MR) is 252 cm³/mol. The number of unbranched alkanes of at least 4 members (excludes halogenated alkanes) is 29. The summed E-state index contributed by atoms with van der Waals surface area (Å²) in [6.07, 6.45) is 55.5. The van der Waals surface area contributed by atoms with Gasteiger partial charge in [0.15, 0.2) is 6.10 Å². The summed E-state index contributed by atoms with van der Waals surface area (Å²) < 4.78 is 16.8. The molecule has 1 atom stereocenters. The van der Waals surface area contributed by atoms with Crippen molar-refractivity contribution in [3.63, 3.8) is 0 Å². The highest BCUT2D eigenvalue weighted by atomic mass is 16.6. The molecule has 0 fully saturated rings. The fourth-order valence-electron chi connectivity index (χ4n) is 7.34. The Morgan fingerprint density at radius 2 is 0.661 bits per heavy atom. The van der Waals surface area contributed by atoms with E-state index in [9.17, 15) is 14.4 Å². The van der Waals surface area contributed by atoms with Crippen molar-refractivity contribution in [2.24, 2.45) is 0 Å². The van der Waals surface area contributed by atoms with Gasteiger partial charge in [-0.05, 0) is 51.4 Å². The molecule has 0 bridgehead atoms. The van der Waals surface area contributed by atoms with Gasteiger partial charge in [0.2, 0.25) is 0 Å². The second-order valence-corrected chi connectivity index (χ2v) is 17.1. The van der Waals surface area contributed by atoms with Gasteiger partial charge in [-0.3, -0.25) is 14.4 Å². The summed E-state index contributed by atoms with van der Waals surface area (Å²) in [6, 6.07) is 0. The van der Waals surface area contributed by atoms with Gasteiger partial charge in [-0.2, -0.15) is 0 Å². The van der Waals surface area contributed by atoms with Crippen LogP contribution in [0.15, 0.2) is 36.5 Å². The van der Waals surface area contributed by atoms with Gasteiger partial charge in [-0.1, -0.05) is 231 Å². The molecular formula is C53H96O6. The van der Waals surface area contributed by atoms with Crippen LogP contribution in [0.3, 0.4) is 0 Å². The number of hydrogen-bond acceptors (Lipinski definition) is 6. The van der Waals surface area contributed by atoms with Crippen molar-refractivity contribution in [1.29, 1.82) is 0 Å². The van der Waals surface area contributed by atoms with Crippen LogP contribution in [0.1, 0.15) is 265 Å². The first kappa shape index (κ1) is 56.6. The molecule has 0 saturated carbocycles. The molecule has 1 unspecified atom stereocenters. The van der Waals surface area contributed by atoms with Crippen molar-refractivity contribution in [1.82, 2.24) is 0 Å². The molecule has 59 heavy (non-hydrogen) atoms. The van der Waals surface area contributed by atoms with E-state index in [0.717, 1.165) is 96.3 Å². The molecule has 0 saturated heterocycles. The highest BCUT2D eigenvalue weighted by molar-refractivity contribution is 5.71. The van der Waals surface area contributed by atoms with E-state index < -0.39 is 6.10 Å².